The third-order valence-electron chi connectivity index (χ3n) is 5.71. The maximum absolute atomic E-state index is 12.4. The highest BCUT2D eigenvalue weighted by Crippen LogP contribution is 2.25. The summed E-state index contributed by atoms with van der Waals surface area (Å²) in [5.74, 6) is 0.471. The highest BCUT2D eigenvalue weighted by Gasteiger charge is 2.24. The van der Waals surface area contributed by atoms with Gasteiger partial charge in [-0.25, -0.2) is 4.68 Å². The van der Waals surface area contributed by atoms with Gasteiger partial charge >= 0.3 is 0 Å². The third kappa shape index (κ3) is 4.45. The van der Waals surface area contributed by atoms with Crippen LogP contribution in [0.15, 0.2) is 31.0 Å². The van der Waals surface area contributed by atoms with Gasteiger partial charge in [0, 0.05) is 30.4 Å². The number of carbonyl (C=O) groups excluding carboxylic acids is 1. The molecule has 7 heteroatoms. The van der Waals surface area contributed by atoms with E-state index in [9.17, 15) is 4.79 Å². The Morgan fingerprint density at radius 1 is 1.31 bits per heavy atom. The standard InChI is InChI=1S/C22H30N6O/c1-15-5-6-17(22(29)26-18-7-8-18)13-20(15)28-21(23)19(14-25-28)16(2)24-9-12-27-10-3-4-11-27/h5-6,13-14,18,24H,2-4,7-12,23H2,1H3,(H,26,29). The van der Waals surface area contributed by atoms with E-state index in [2.05, 4.69) is 27.2 Å². The van der Waals surface area contributed by atoms with Gasteiger partial charge in [0.05, 0.1) is 17.4 Å². The highest BCUT2D eigenvalue weighted by molar-refractivity contribution is 5.95. The van der Waals surface area contributed by atoms with E-state index < -0.39 is 0 Å². The van der Waals surface area contributed by atoms with Crippen LogP contribution in [0.5, 0.6) is 0 Å². The van der Waals surface area contributed by atoms with Crippen molar-refractivity contribution >= 4 is 17.4 Å². The van der Waals surface area contributed by atoms with Crippen LogP contribution in [0.1, 0.15) is 47.2 Å². The van der Waals surface area contributed by atoms with E-state index in [0.717, 1.165) is 48.4 Å². The molecule has 4 N–H and O–H groups in total. The summed E-state index contributed by atoms with van der Waals surface area (Å²) in [6, 6.07) is 5.95. The van der Waals surface area contributed by atoms with Gasteiger partial charge < -0.3 is 21.3 Å². The second-order valence-corrected chi connectivity index (χ2v) is 8.06. The number of hydrogen-bond acceptors (Lipinski definition) is 5. The molecule has 154 valence electrons. The molecule has 2 fully saturated rings. The number of aryl methyl sites for hydroxylation is 1. The van der Waals surface area contributed by atoms with Gasteiger partial charge in [0.2, 0.25) is 0 Å². The summed E-state index contributed by atoms with van der Waals surface area (Å²) < 4.78 is 1.69. The lowest BCUT2D eigenvalue weighted by molar-refractivity contribution is 0.0951. The second kappa shape index (κ2) is 8.29. The summed E-state index contributed by atoms with van der Waals surface area (Å²) in [4.78, 5) is 14.9. The number of aromatic nitrogens is 2. The van der Waals surface area contributed by atoms with Crippen molar-refractivity contribution in [2.45, 2.75) is 38.6 Å². The molecule has 1 aliphatic heterocycles. The quantitative estimate of drug-likeness (QED) is 0.639. The number of nitrogens with one attached hydrogen (secondary N) is 2. The van der Waals surface area contributed by atoms with Crippen LogP contribution >= 0.6 is 0 Å². The Kier molecular flexibility index (Phi) is 5.58. The molecule has 0 unspecified atom stereocenters. The number of amides is 1. The molecule has 29 heavy (non-hydrogen) atoms. The number of hydrogen-bond donors (Lipinski definition) is 3. The van der Waals surface area contributed by atoms with E-state index >= 15 is 0 Å². The van der Waals surface area contributed by atoms with Crippen LogP contribution in [0, 0.1) is 6.92 Å². The third-order valence-corrected chi connectivity index (χ3v) is 5.71. The molecular weight excluding hydrogens is 364 g/mol. The Labute approximate surface area is 171 Å². The zero-order valence-corrected chi connectivity index (χ0v) is 17.1. The van der Waals surface area contributed by atoms with E-state index in [-0.39, 0.29) is 5.91 Å². The van der Waals surface area contributed by atoms with E-state index in [1.54, 1.807) is 10.9 Å². The van der Waals surface area contributed by atoms with Crippen LogP contribution in [0.25, 0.3) is 11.4 Å². The van der Waals surface area contributed by atoms with Crippen molar-refractivity contribution in [3.63, 3.8) is 0 Å². The largest absolute Gasteiger partial charge is 0.384 e. The first-order valence-electron chi connectivity index (χ1n) is 10.4. The fourth-order valence-electron chi connectivity index (χ4n) is 3.72. The summed E-state index contributed by atoms with van der Waals surface area (Å²) in [5, 5.41) is 10.9. The zero-order valence-electron chi connectivity index (χ0n) is 17.1. The maximum atomic E-state index is 12.4. The summed E-state index contributed by atoms with van der Waals surface area (Å²) in [7, 11) is 0. The monoisotopic (exact) mass is 394 g/mol. The van der Waals surface area contributed by atoms with Crippen LogP contribution in [0.3, 0.4) is 0 Å². The van der Waals surface area contributed by atoms with Crippen LogP contribution < -0.4 is 16.4 Å². The lowest BCUT2D eigenvalue weighted by Crippen LogP contribution is -2.29. The molecular formula is C22H30N6O. The minimum absolute atomic E-state index is 0.0484. The fourth-order valence-corrected chi connectivity index (χ4v) is 3.72. The van der Waals surface area contributed by atoms with Crippen molar-refractivity contribution in [3.05, 3.63) is 47.7 Å². The zero-order chi connectivity index (χ0) is 20.4. The Morgan fingerprint density at radius 3 is 2.79 bits per heavy atom. The number of nitrogens with two attached hydrogens (primary N) is 1. The SMILES string of the molecule is C=C(NCCN1CCCC1)c1cnn(-c2cc(C(=O)NC3CC3)ccc2C)c1N. The van der Waals surface area contributed by atoms with E-state index in [1.807, 2.05) is 25.1 Å². The molecule has 1 aromatic carbocycles. The molecule has 2 aliphatic rings. The van der Waals surface area contributed by atoms with Gasteiger partial charge in [0.25, 0.3) is 5.91 Å². The van der Waals surface area contributed by atoms with Gasteiger partial charge in [-0.3, -0.25) is 4.79 Å². The average Bonchev–Trinajstić information content (AvgIpc) is 3.21. The topological polar surface area (TPSA) is 88.2 Å². The summed E-state index contributed by atoms with van der Waals surface area (Å²) in [6.07, 6.45) is 6.44. The summed E-state index contributed by atoms with van der Waals surface area (Å²) >= 11 is 0. The number of anilines is 1. The molecule has 4 rings (SSSR count). The fraction of sp³-hybridized carbons (Fsp3) is 0.455. The first kappa shape index (κ1) is 19.5. The Balaban J connectivity index is 1.47. The minimum atomic E-state index is -0.0484. The smallest absolute Gasteiger partial charge is 0.251 e. The summed E-state index contributed by atoms with van der Waals surface area (Å²) in [5.41, 5.74) is 10.4. The van der Waals surface area contributed by atoms with E-state index in [1.165, 1.54) is 25.9 Å². The Morgan fingerprint density at radius 2 is 2.07 bits per heavy atom. The number of benzene rings is 1. The molecule has 0 bridgehead atoms. The molecule has 2 heterocycles. The minimum Gasteiger partial charge on any atom is -0.384 e. The van der Waals surface area contributed by atoms with Crippen molar-refractivity contribution in [1.29, 1.82) is 0 Å². The first-order valence-corrected chi connectivity index (χ1v) is 10.4. The number of nitrogen functional groups attached to an aromatic ring is 1. The maximum Gasteiger partial charge on any atom is 0.251 e. The molecule has 0 atom stereocenters. The van der Waals surface area contributed by atoms with Gasteiger partial charge in [0.15, 0.2) is 0 Å². The molecule has 0 spiro atoms. The summed E-state index contributed by atoms with van der Waals surface area (Å²) in [6.45, 7) is 10.3. The van der Waals surface area contributed by atoms with Gasteiger partial charge in [-0.2, -0.15) is 5.10 Å². The van der Waals surface area contributed by atoms with Crippen molar-refractivity contribution in [2.24, 2.45) is 0 Å². The molecule has 1 amide bonds. The molecule has 0 radical (unpaired) electrons. The Hall–Kier alpha value is -2.80. The number of likely N-dealkylation sites (tertiary alicyclic amines) is 1. The van der Waals surface area contributed by atoms with Crippen molar-refractivity contribution in [2.75, 3.05) is 31.9 Å². The molecule has 1 aliphatic carbocycles. The molecule has 2 aromatic rings. The predicted molar refractivity (Wildman–Crippen MR) is 116 cm³/mol. The first-order chi connectivity index (χ1) is 14.0. The van der Waals surface area contributed by atoms with Crippen LogP contribution in [0.4, 0.5) is 5.82 Å². The van der Waals surface area contributed by atoms with Gasteiger partial charge in [-0.15, -0.1) is 0 Å². The van der Waals surface area contributed by atoms with Crippen LogP contribution in [-0.4, -0.2) is 52.8 Å². The molecule has 7 nitrogen and oxygen atoms in total. The number of rotatable bonds is 8. The molecule has 1 saturated heterocycles. The number of nitrogens with zero attached hydrogens (tertiary/aromatic N) is 3. The van der Waals surface area contributed by atoms with Gasteiger partial charge in [-0.1, -0.05) is 12.6 Å². The van der Waals surface area contributed by atoms with E-state index in [4.69, 9.17) is 5.73 Å². The highest BCUT2D eigenvalue weighted by atomic mass is 16.1. The predicted octanol–water partition coefficient (Wildman–Crippen LogP) is 2.31. The van der Waals surface area contributed by atoms with E-state index in [0.29, 0.717) is 17.4 Å². The van der Waals surface area contributed by atoms with Crippen molar-refractivity contribution in [3.8, 4) is 5.69 Å². The van der Waals surface area contributed by atoms with Gasteiger partial charge in [-0.05, 0) is 63.4 Å². The lowest BCUT2D eigenvalue weighted by atomic mass is 10.1. The van der Waals surface area contributed by atoms with Crippen LogP contribution in [-0.2, 0) is 0 Å². The molecule has 1 saturated carbocycles. The normalized spacial score (nSPS) is 16.7. The van der Waals surface area contributed by atoms with Crippen molar-refractivity contribution < 1.29 is 4.79 Å². The van der Waals surface area contributed by atoms with Gasteiger partial charge in [0.1, 0.15) is 5.82 Å². The average molecular weight is 395 g/mol. The lowest BCUT2D eigenvalue weighted by Gasteiger charge is -2.16. The van der Waals surface area contributed by atoms with Crippen LogP contribution in [0.2, 0.25) is 0 Å². The number of carbonyl (C=O) groups is 1. The van der Waals surface area contributed by atoms with Crippen molar-refractivity contribution in [1.82, 2.24) is 25.3 Å². The molecule has 1 aromatic heterocycles. The Bertz CT molecular complexity index is 908. The second-order valence-electron chi connectivity index (χ2n) is 8.06.